The van der Waals surface area contributed by atoms with E-state index in [1.165, 1.54) is 0 Å². The maximum absolute atomic E-state index is 12.6. The average molecular weight is 338 g/mol. The van der Waals surface area contributed by atoms with Gasteiger partial charge in [0.05, 0.1) is 18.2 Å². The first-order valence-electron chi connectivity index (χ1n) is 8.51. The molecule has 0 unspecified atom stereocenters. The van der Waals surface area contributed by atoms with Crippen LogP contribution in [0.3, 0.4) is 0 Å². The van der Waals surface area contributed by atoms with Crippen molar-refractivity contribution in [3.63, 3.8) is 0 Å². The summed E-state index contributed by atoms with van der Waals surface area (Å²) in [7, 11) is 0. The zero-order valence-electron chi connectivity index (χ0n) is 14.3. The second kappa shape index (κ2) is 7.83. The Morgan fingerprint density at radius 3 is 2.64 bits per heavy atom. The number of hydrogen-bond acceptors (Lipinski definition) is 3. The highest BCUT2D eigenvalue weighted by Gasteiger charge is 2.34. The van der Waals surface area contributed by atoms with Crippen LogP contribution in [-0.4, -0.2) is 29.9 Å². The van der Waals surface area contributed by atoms with Gasteiger partial charge in [0, 0.05) is 19.5 Å². The molecular weight excluding hydrogens is 316 g/mol. The van der Waals surface area contributed by atoms with Gasteiger partial charge in [0.1, 0.15) is 5.75 Å². The fraction of sp³-hybridized carbons (Fsp3) is 0.300. The Morgan fingerprint density at radius 2 is 1.88 bits per heavy atom. The summed E-state index contributed by atoms with van der Waals surface area (Å²) in [5, 5.41) is 2.90. The van der Waals surface area contributed by atoms with E-state index in [0.717, 1.165) is 5.56 Å². The van der Waals surface area contributed by atoms with E-state index in [1.54, 1.807) is 11.0 Å². The van der Waals surface area contributed by atoms with Gasteiger partial charge in [-0.3, -0.25) is 9.59 Å². The van der Waals surface area contributed by atoms with Crippen LogP contribution in [0.1, 0.15) is 18.9 Å². The molecule has 1 aliphatic heterocycles. The third kappa shape index (κ3) is 4.18. The molecular formula is C20H22N2O3. The van der Waals surface area contributed by atoms with E-state index in [1.807, 2.05) is 55.5 Å². The number of benzene rings is 2. The molecule has 5 nitrogen and oxygen atoms in total. The number of nitrogens with zero attached hydrogens (tertiary/aromatic N) is 1. The Bertz CT molecular complexity index is 746. The summed E-state index contributed by atoms with van der Waals surface area (Å²) in [5.41, 5.74) is 1.71. The minimum atomic E-state index is -0.342. The summed E-state index contributed by atoms with van der Waals surface area (Å²) >= 11 is 0. The first-order chi connectivity index (χ1) is 12.2. The normalized spacial score (nSPS) is 16.8. The predicted octanol–water partition coefficient (Wildman–Crippen LogP) is 3.07. The van der Waals surface area contributed by atoms with Gasteiger partial charge in [-0.15, -0.1) is 0 Å². The zero-order chi connectivity index (χ0) is 17.6. The van der Waals surface area contributed by atoms with Crippen molar-refractivity contribution in [1.82, 2.24) is 4.90 Å². The second-order valence-corrected chi connectivity index (χ2v) is 6.08. The number of nitrogens with one attached hydrogen (secondary N) is 1. The van der Waals surface area contributed by atoms with Crippen LogP contribution in [0.2, 0.25) is 0 Å². The second-order valence-electron chi connectivity index (χ2n) is 6.08. The van der Waals surface area contributed by atoms with Crippen molar-refractivity contribution in [2.24, 2.45) is 5.92 Å². The van der Waals surface area contributed by atoms with Crippen LogP contribution in [0.5, 0.6) is 5.75 Å². The topological polar surface area (TPSA) is 58.6 Å². The van der Waals surface area contributed by atoms with E-state index in [4.69, 9.17) is 4.74 Å². The third-order valence-corrected chi connectivity index (χ3v) is 4.25. The van der Waals surface area contributed by atoms with Crippen LogP contribution in [0.25, 0.3) is 0 Å². The van der Waals surface area contributed by atoms with Crippen molar-refractivity contribution in [3.8, 4) is 5.75 Å². The van der Waals surface area contributed by atoms with Crippen LogP contribution < -0.4 is 10.1 Å². The van der Waals surface area contributed by atoms with Crippen molar-refractivity contribution in [2.75, 3.05) is 18.5 Å². The highest BCUT2D eigenvalue weighted by Crippen LogP contribution is 2.26. The largest absolute Gasteiger partial charge is 0.492 e. The number of likely N-dealkylation sites (tertiary alicyclic amines) is 1. The molecule has 2 aromatic carbocycles. The van der Waals surface area contributed by atoms with Crippen LogP contribution in [-0.2, 0) is 16.1 Å². The van der Waals surface area contributed by atoms with Gasteiger partial charge in [-0.1, -0.05) is 42.5 Å². The molecule has 1 fully saturated rings. The maximum atomic E-state index is 12.6. The summed E-state index contributed by atoms with van der Waals surface area (Å²) in [4.78, 5) is 26.5. The lowest BCUT2D eigenvalue weighted by atomic mass is 10.1. The minimum absolute atomic E-state index is 0.0158. The van der Waals surface area contributed by atoms with Gasteiger partial charge >= 0.3 is 0 Å². The maximum Gasteiger partial charge on any atom is 0.229 e. The Hall–Kier alpha value is -2.82. The Balaban J connectivity index is 1.63. The van der Waals surface area contributed by atoms with Crippen LogP contribution in [0, 0.1) is 5.92 Å². The minimum Gasteiger partial charge on any atom is -0.492 e. The lowest BCUT2D eigenvalue weighted by Gasteiger charge is -2.17. The lowest BCUT2D eigenvalue weighted by molar-refractivity contribution is -0.128. The average Bonchev–Trinajstić information content (AvgIpc) is 2.99. The highest BCUT2D eigenvalue weighted by molar-refractivity contribution is 5.98. The van der Waals surface area contributed by atoms with E-state index in [0.29, 0.717) is 31.1 Å². The molecule has 0 saturated carbocycles. The van der Waals surface area contributed by atoms with Gasteiger partial charge < -0.3 is 15.0 Å². The molecule has 5 heteroatoms. The molecule has 2 aromatic rings. The number of hydrogen-bond donors (Lipinski definition) is 1. The van der Waals surface area contributed by atoms with Gasteiger partial charge in [-0.05, 0) is 24.6 Å². The van der Waals surface area contributed by atoms with Crippen LogP contribution in [0.4, 0.5) is 5.69 Å². The molecule has 3 rings (SSSR count). The lowest BCUT2D eigenvalue weighted by Crippen LogP contribution is -2.28. The van der Waals surface area contributed by atoms with Gasteiger partial charge in [-0.2, -0.15) is 0 Å². The molecule has 25 heavy (non-hydrogen) atoms. The van der Waals surface area contributed by atoms with Crippen molar-refractivity contribution >= 4 is 17.5 Å². The van der Waals surface area contributed by atoms with Crippen molar-refractivity contribution in [3.05, 3.63) is 60.2 Å². The molecule has 1 aliphatic rings. The Morgan fingerprint density at radius 1 is 1.16 bits per heavy atom. The summed E-state index contributed by atoms with van der Waals surface area (Å²) in [6.45, 7) is 3.41. The van der Waals surface area contributed by atoms with E-state index < -0.39 is 0 Å². The molecule has 0 aliphatic carbocycles. The number of rotatable bonds is 6. The van der Waals surface area contributed by atoms with Crippen molar-refractivity contribution in [2.45, 2.75) is 19.9 Å². The summed E-state index contributed by atoms with van der Waals surface area (Å²) in [6.07, 6.45) is 0.246. The summed E-state index contributed by atoms with van der Waals surface area (Å²) in [6, 6.07) is 17.2. The number of carbonyl (C=O) groups excluding carboxylic acids is 2. The van der Waals surface area contributed by atoms with Gasteiger partial charge in [0.15, 0.2) is 0 Å². The number of anilines is 1. The highest BCUT2D eigenvalue weighted by atomic mass is 16.5. The molecule has 0 radical (unpaired) electrons. The molecule has 0 aromatic heterocycles. The van der Waals surface area contributed by atoms with Gasteiger partial charge in [0.2, 0.25) is 11.8 Å². The van der Waals surface area contributed by atoms with Gasteiger partial charge in [-0.25, -0.2) is 0 Å². The Labute approximate surface area is 147 Å². The SMILES string of the molecule is CCOc1ccccc1NC(=O)[C@@H]1CC(=O)N(Cc2ccccc2)C1. The smallest absolute Gasteiger partial charge is 0.229 e. The fourth-order valence-electron chi connectivity index (χ4n) is 2.99. The van der Waals surface area contributed by atoms with Gasteiger partial charge in [0.25, 0.3) is 0 Å². The first-order valence-corrected chi connectivity index (χ1v) is 8.51. The molecule has 1 atom stereocenters. The molecule has 130 valence electrons. The zero-order valence-corrected chi connectivity index (χ0v) is 14.3. The molecule has 1 heterocycles. The number of ether oxygens (including phenoxy) is 1. The molecule has 0 spiro atoms. The van der Waals surface area contributed by atoms with Crippen molar-refractivity contribution in [1.29, 1.82) is 0 Å². The number of amides is 2. The molecule has 0 bridgehead atoms. The Kier molecular flexibility index (Phi) is 5.33. The summed E-state index contributed by atoms with van der Waals surface area (Å²) < 4.78 is 5.53. The van der Waals surface area contributed by atoms with E-state index in [9.17, 15) is 9.59 Å². The number of para-hydroxylation sites is 2. The molecule has 2 amide bonds. The van der Waals surface area contributed by atoms with Crippen molar-refractivity contribution < 1.29 is 14.3 Å². The number of carbonyl (C=O) groups is 2. The van der Waals surface area contributed by atoms with Crippen LogP contribution >= 0.6 is 0 Å². The first kappa shape index (κ1) is 17.0. The summed E-state index contributed by atoms with van der Waals surface area (Å²) in [5.74, 6) is 0.174. The molecule has 1 N–H and O–H groups in total. The van der Waals surface area contributed by atoms with E-state index >= 15 is 0 Å². The quantitative estimate of drug-likeness (QED) is 0.880. The van der Waals surface area contributed by atoms with E-state index in [2.05, 4.69) is 5.32 Å². The monoisotopic (exact) mass is 338 g/mol. The third-order valence-electron chi connectivity index (χ3n) is 4.25. The standard InChI is InChI=1S/C20H22N2O3/c1-2-25-18-11-7-6-10-17(18)21-20(24)16-12-19(23)22(14-16)13-15-8-4-3-5-9-15/h3-11,16H,2,12-14H2,1H3,(H,21,24)/t16-/m1/s1. The predicted molar refractivity (Wildman–Crippen MR) is 96.2 cm³/mol. The fourth-order valence-corrected chi connectivity index (χ4v) is 2.99. The van der Waals surface area contributed by atoms with E-state index in [-0.39, 0.29) is 24.2 Å². The van der Waals surface area contributed by atoms with Crippen LogP contribution in [0.15, 0.2) is 54.6 Å². The molecule has 1 saturated heterocycles.